The summed E-state index contributed by atoms with van der Waals surface area (Å²) in [5.41, 5.74) is 2.50. The highest BCUT2D eigenvalue weighted by molar-refractivity contribution is 7.07. The Bertz CT molecular complexity index is 644. The number of rotatable bonds is 5. The number of hydrogen-bond donors (Lipinski definition) is 1. The molecule has 1 aromatic heterocycles. The fourth-order valence-corrected chi connectivity index (χ4v) is 3.87. The molecule has 1 aromatic rings. The Morgan fingerprint density at radius 2 is 2.08 bits per heavy atom. The number of nitrogens with zero attached hydrogens (tertiary/aromatic N) is 4. The zero-order valence-corrected chi connectivity index (χ0v) is 15.3. The second kappa shape index (κ2) is 7.38. The van der Waals surface area contributed by atoms with E-state index in [9.17, 15) is 14.4 Å². The summed E-state index contributed by atoms with van der Waals surface area (Å²) in [6, 6.07) is -1.43. The first kappa shape index (κ1) is 17.7. The van der Waals surface area contributed by atoms with E-state index in [1.165, 1.54) is 21.1 Å². The first-order valence-corrected chi connectivity index (χ1v) is 9.36. The number of urea groups is 1. The highest BCUT2D eigenvalue weighted by Crippen LogP contribution is 2.15. The average molecular weight is 365 g/mol. The zero-order valence-electron chi connectivity index (χ0n) is 14.5. The second-order valence-electron chi connectivity index (χ2n) is 6.57. The maximum Gasteiger partial charge on any atom is 0.320 e. The Kier molecular flexibility index (Phi) is 5.22. The van der Waals surface area contributed by atoms with Crippen LogP contribution in [0, 0.1) is 0 Å². The molecule has 0 radical (unpaired) electrons. The predicted octanol–water partition coefficient (Wildman–Crippen LogP) is 0.159. The fourth-order valence-electron chi connectivity index (χ4n) is 3.29. The minimum atomic E-state index is -0.651. The number of amides is 4. The van der Waals surface area contributed by atoms with Gasteiger partial charge in [-0.15, -0.1) is 11.3 Å². The molecular weight excluding hydrogens is 342 g/mol. The summed E-state index contributed by atoms with van der Waals surface area (Å²) in [6.45, 7) is 1.78. The number of likely N-dealkylation sites (tertiary alicyclic amines) is 1. The van der Waals surface area contributed by atoms with Crippen LogP contribution in [0.4, 0.5) is 4.79 Å². The third-order valence-electron chi connectivity index (χ3n) is 4.77. The van der Waals surface area contributed by atoms with Crippen molar-refractivity contribution in [1.29, 1.82) is 0 Å². The molecule has 4 amide bonds. The molecule has 3 rings (SSSR count). The van der Waals surface area contributed by atoms with Crippen LogP contribution in [0.25, 0.3) is 0 Å². The quantitative estimate of drug-likeness (QED) is 0.805. The van der Waals surface area contributed by atoms with Crippen molar-refractivity contribution in [2.45, 2.75) is 31.3 Å². The van der Waals surface area contributed by atoms with Crippen LogP contribution >= 0.6 is 11.3 Å². The minimum Gasteiger partial charge on any atom is -0.342 e. The second-order valence-corrected chi connectivity index (χ2v) is 7.29. The minimum absolute atomic E-state index is 0.0702. The number of aromatic nitrogens is 1. The lowest BCUT2D eigenvalue weighted by molar-refractivity contribution is -0.136. The highest BCUT2D eigenvalue weighted by Gasteiger charge is 2.39. The van der Waals surface area contributed by atoms with Gasteiger partial charge in [0.15, 0.2) is 0 Å². The van der Waals surface area contributed by atoms with Crippen LogP contribution in [-0.2, 0) is 16.0 Å². The maximum absolute atomic E-state index is 12.8. The van der Waals surface area contributed by atoms with Gasteiger partial charge in [0.1, 0.15) is 12.1 Å². The van der Waals surface area contributed by atoms with Crippen molar-refractivity contribution in [2.24, 2.45) is 0 Å². The van der Waals surface area contributed by atoms with Gasteiger partial charge in [-0.1, -0.05) is 0 Å². The molecule has 1 N–H and O–H groups in total. The van der Waals surface area contributed by atoms with Gasteiger partial charge in [-0.05, 0) is 12.8 Å². The van der Waals surface area contributed by atoms with Crippen LogP contribution in [0.2, 0.25) is 0 Å². The van der Waals surface area contributed by atoms with Crippen molar-refractivity contribution < 1.29 is 14.4 Å². The molecule has 0 bridgehead atoms. The zero-order chi connectivity index (χ0) is 18.0. The van der Waals surface area contributed by atoms with Crippen LogP contribution in [0.3, 0.4) is 0 Å². The van der Waals surface area contributed by atoms with E-state index in [2.05, 4.69) is 10.3 Å². The molecule has 2 atom stereocenters. The van der Waals surface area contributed by atoms with Gasteiger partial charge in [-0.25, -0.2) is 9.78 Å². The van der Waals surface area contributed by atoms with Gasteiger partial charge in [0, 0.05) is 39.0 Å². The van der Waals surface area contributed by atoms with Crippen molar-refractivity contribution in [3.05, 3.63) is 16.6 Å². The SMILES string of the molecule is CN1CC(C(=O)NC(Cc2cscn2)C(=O)N2CCCC2)N(C)C1=O. The molecular formula is C16H23N5O3S. The standard InChI is InChI=1S/C16H23N5O3S/c1-19-8-13(20(2)16(19)24)14(22)18-12(7-11-9-25-10-17-11)15(23)21-5-3-4-6-21/h9-10,12-13H,3-8H2,1-2H3,(H,18,22). The first-order chi connectivity index (χ1) is 12.0. The molecule has 2 unspecified atom stereocenters. The van der Waals surface area contributed by atoms with E-state index in [0.717, 1.165) is 31.6 Å². The normalized spacial score (nSPS) is 21.8. The number of nitrogens with one attached hydrogen (secondary N) is 1. The number of likely N-dealkylation sites (N-methyl/N-ethyl adjacent to an activating group) is 2. The van der Waals surface area contributed by atoms with Gasteiger partial charge < -0.3 is 20.0 Å². The van der Waals surface area contributed by atoms with E-state index in [1.807, 2.05) is 5.38 Å². The van der Waals surface area contributed by atoms with Crippen LogP contribution in [0.15, 0.2) is 10.9 Å². The summed E-state index contributed by atoms with van der Waals surface area (Å²) in [5.74, 6) is -0.368. The molecule has 2 fully saturated rings. The lowest BCUT2D eigenvalue weighted by Gasteiger charge is -2.26. The van der Waals surface area contributed by atoms with Gasteiger partial charge in [0.25, 0.3) is 0 Å². The van der Waals surface area contributed by atoms with Gasteiger partial charge in [0.05, 0.1) is 17.7 Å². The number of thiazole rings is 1. The van der Waals surface area contributed by atoms with Crippen molar-refractivity contribution in [3.63, 3.8) is 0 Å². The molecule has 2 aliphatic rings. The molecule has 0 aliphatic carbocycles. The van der Waals surface area contributed by atoms with Crippen molar-refractivity contribution in [2.75, 3.05) is 33.7 Å². The molecule has 0 saturated carbocycles. The Hall–Kier alpha value is -2.16. The average Bonchev–Trinajstić information content (AvgIpc) is 3.33. The van der Waals surface area contributed by atoms with E-state index in [4.69, 9.17) is 0 Å². The van der Waals surface area contributed by atoms with Gasteiger partial charge in [-0.2, -0.15) is 0 Å². The summed E-state index contributed by atoms with van der Waals surface area (Å²) in [5, 5.41) is 4.74. The van der Waals surface area contributed by atoms with Crippen LogP contribution in [0.1, 0.15) is 18.5 Å². The van der Waals surface area contributed by atoms with Crippen LogP contribution in [0.5, 0.6) is 0 Å². The van der Waals surface area contributed by atoms with E-state index >= 15 is 0 Å². The Balaban J connectivity index is 1.71. The molecule has 25 heavy (non-hydrogen) atoms. The summed E-state index contributed by atoms with van der Waals surface area (Å²) in [7, 11) is 3.27. The van der Waals surface area contributed by atoms with E-state index in [-0.39, 0.29) is 17.8 Å². The summed E-state index contributed by atoms with van der Waals surface area (Å²) in [6.07, 6.45) is 2.35. The van der Waals surface area contributed by atoms with Crippen molar-refractivity contribution >= 4 is 29.2 Å². The Morgan fingerprint density at radius 1 is 1.36 bits per heavy atom. The Morgan fingerprint density at radius 3 is 2.64 bits per heavy atom. The van der Waals surface area contributed by atoms with Crippen molar-refractivity contribution in [3.8, 4) is 0 Å². The smallest absolute Gasteiger partial charge is 0.320 e. The lowest BCUT2D eigenvalue weighted by atomic mass is 10.1. The molecule has 0 spiro atoms. The van der Waals surface area contributed by atoms with Crippen LogP contribution in [-0.4, -0.2) is 83.3 Å². The summed E-state index contributed by atoms with van der Waals surface area (Å²) >= 11 is 1.46. The van der Waals surface area contributed by atoms with E-state index in [1.54, 1.807) is 24.5 Å². The Labute approximate surface area is 150 Å². The number of carbonyl (C=O) groups is 3. The van der Waals surface area contributed by atoms with Gasteiger partial charge in [-0.3, -0.25) is 9.59 Å². The topological polar surface area (TPSA) is 85.8 Å². The number of hydrogen-bond acceptors (Lipinski definition) is 5. The van der Waals surface area contributed by atoms with E-state index in [0.29, 0.717) is 13.0 Å². The largest absolute Gasteiger partial charge is 0.342 e. The van der Waals surface area contributed by atoms with Gasteiger partial charge in [0.2, 0.25) is 11.8 Å². The molecule has 2 aliphatic heterocycles. The lowest BCUT2D eigenvalue weighted by Crippen LogP contribution is -2.54. The van der Waals surface area contributed by atoms with Crippen LogP contribution < -0.4 is 5.32 Å². The molecule has 9 heteroatoms. The predicted molar refractivity (Wildman–Crippen MR) is 93.1 cm³/mol. The third-order valence-corrected chi connectivity index (χ3v) is 5.41. The fraction of sp³-hybridized carbons (Fsp3) is 0.625. The first-order valence-electron chi connectivity index (χ1n) is 8.41. The molecule has 3 heterocycles. The molecule has 0 aromatic carbocycles. The summed E-state index contributed by atoms with van der Waals surface area (Å²) in [4.78, 5) is 46.4. The molecule has 136 valence electrons. The van der Waals surface area contributed by atoms with Crippen molar-refractivity contribution in [1.82, 2.24) is 25.0 Å². The van der Waals surface area contributed by atoms with E-state index < -0.39 is 12.1 Å². The summed E-state index contributed by atoms with van der Waals surface area (Å²) < 4.78 is 0. The van der Waals surface area contributed by atoms with Gasteiger partial charge >= 0.3 is 6.03 Å². The highest BCUT2D eigenvalue weighted by atomic mass is 32.1. The molecule has 8 nitrogen and oxygen atoms in total. The number of carbonyl (C=O) groups excluding carboxylic acids is 3. The third kappa shape index (κ3) is 3.76. The maximum atomic E-state index is 12.8. The molecule has 2 saturated heterocycles. The monoisotopic (exact) mass is 365 g/mol.